The summed E-state index contributed by atoms with van der Waals surface area (Å²) in [5.74, 6) is 0.348. The summed E-state index contributed by atoms with van der Waals surface area (Å²) in [5, 5.41) is 7.69. The Morgan fingerprint density at radius 1 is 0.692 bits per heavy atom. The average Bonchev–Trinajstić information content (AvgIpc) is 3.17. The number of hydrogen-bond donors (Lipinski definition) is 4. The van der Waals surface area contributed by atoms with Crippen LogP contribution in [0.3, 0.4) is 0 Å². The zero-order valence-electron chi connectivity index (χ0n) is 28.7. The summed E-state index contributed by atoms with van der Waals surface area (Å²) in [5.41, 5.74) is 4.14. The summed E-state index contributed by atoms with van der Waals surface area (Å²) < 4.78 is 15.2. The predicted octanol–water partition coefficient (Wildman–Crippen LogP) is 5.15. The van der Waals surface area contributed by atoms with E-state index in [0.717, 1.165) is 28.0 Å². The van der Waals surface area contributed by atoms with E-state index in [0.29, 0.717) is 46.0 Å². The van der Waals surface area contributed by atoms with Gasteiger partial charge in [-0.1, -0.05) is 52.3 Å². The number of aromatic nitrogens is 4. The minimum atomic E-state index is -0.624. The van der Waals surface area contributed by atoms with E-state index in [2.05, 4.69) is 46.5 Å². The molecule has 4 aromatic carbocycles. The Morgan fingerprint density at radius 3 is 1.79 bits per heavy atom. The van der Waals surface area contributed by atoms with Crippen molar-refractivity contribution in [2.45, 2.75) is 31.9 Å². The molecule has 0 aliphatic rings. The predicted molar refractivity (Wildman–Crippen MR) is 201 cm³/mol. The van der Waals surface area contributed by atoms with Crippen LogP contribution in [0, 0.1) is 0 Å². The number of carbonyl (C=O) groups is 2. The third kappa shape index (κ3) is 9.68. The molecule has 1 amide bonds. The number of ether oxygens (including phenoxy) is 3. The monoisotopic (exact) mass is 768 g/mol. The third-order valence-corrected chi connectivity index (χ3v) is 8.40. The minimum Gasteiger partial charge on any atom is -0.497 e. The van der Waals surface area contributed by atoms with Gasteiger partial charge in [0.15, 0.2) is 5.82 Å². The number of aromatic amines is 2. The summed E-state index contributed by atoms with van der Waals surface area (Å²) in [4.78, 5) is 62.0. The molecule has 0 aliphatic carbocycles. The molecule has 0 saturated heterocycles. The van der Waals surface area contributed by atoms with Crippen LogP contribution in [0.2, 0.25) is 0 Å². The maximum atomic E-state index is 12.7. The van der Waals surface area contributed by atoms with E-state index < -0.39 is 11.9 Å². The topological polar surface area (TPSA) is 177 Å². The second kappa shape index (κ2) is 17.9. The molecule has 2 heterocycles. The van der Waals surface area contributed by atoms with E-state index in [1.165, 1.54) is 0 Å². The maximum Gasteiger partial charge on any atom is 0.374 e. The number of benzene rings is 4. The number of rotatable bonds is 12. The first kappa shape index (κ1) is 37.4. The molecule has 6 rings (SSSR count). The fraction of sp³-hybridized carbons (Fsp3) is 0.211. The Hall–Kier alpha value is -5.86. The number of methoxy groups -OCH3 is 2. The second-order valence-corrected chi connectivity index (χ2v) is 11.9. The smallest absolute Gasteiger partial charge is 0.374 e. The van der Waals surface area contributed by atoms with Crippen molar-refractivity contribution in [1.29, 1.82) is 0 Å². The van der Waals surface area contributed by atoms with Gasteiger partial charge in [-0.2, -0.15) is 0 Å². The fourth-order valence-electron chi connectivity index (χ4n) is 5.15. The number of carbonyl (C=O) groups excluding carboxylic acids is 2. The zero-order chi connectivity index (χ0) is 37.0. The lowest BCUT2D eigenvalue weighted by Gasteiger charge is -2.09. The highest BCUT2D eigenvalue weighted by atomic mass is 79.9. The lowest BCUT2D eigenvalue weighted by molar-refractivity contribution is 0.0512. The number of hydrogen-bond acceptors (Lipinski definition) is 10. The molecule has 13 nitrogen and oxygen atoms in total. The van der Waals surface area contributed by atoms with E-state index in [9.17, 15) is 19.2 Å². The largest absolute Gasteiger partial charge is 0.497 e. The molecule has 0 aliphatic heterocycles. The second-order valence-electron chi connectivity index (χ2n) is 11.4. The van der Waals surface area contributed by atoms with Gasteiger partial charge in [0.2, 0.25) is 5.82 Å². The molecule has 268 valence electrons. The first-order valence-corrected chi connectivity index (χ1v) is 17.4. The van der Waals surface area contributed by atoms with Crippen molar-refractivity contribution in [1.82, 2.24) is 30.6 Å². The highest BCUT2D eigenvalue weighted by Crippen LogP contribution is 2.16. The van der Waals surface area contributed by atoms with Gasteiger partial charge in [0, 0.05) is 25.0 Å². The normalized spacial score (nSPS) is 10.7. The highest BCUT2D eigenvalue weighted by Gasteiger charge is 2.14. The fourth-order valence-corrected chi connectivity index (χ4v) is 5.50. The number of H-pyrrole nitrogens is 2. The van der Waals surface area contributed by atoms with E-state index >= 15 is 0 Å². The van der Waals surface area contributed by atoms with Crippen LogP contribution in [-0.4, -0.2) is 52.6 Å². The molecule has 0 bridgehead atoms. The van der Waals surface area contributed by atoms with Gasteiger partial charge in [-0.05, 0) is 77.7 Å². The van der Waals surface area contributed by atoms with Crippen LogP contribution >= 0.6 is 15.9 Å². The van der Waals surface area contributed by atoms with Crippen LogP contribution in [0.25, 0.3) is 21.8 Å². The van der Waals surface area contributed by atoms with Crippen LogP contribution in [0.5, 0.6) is 11.5 Å². The summed E-state index contributed by atoms with van der Waals surface area (Å²) in [7, 11) is 3.23. The van der Waals surface area contributed by atoms with Crippen LogP contribution in [0.15, 0.2) is 94.5 Å². The van der Waals surface area contributed by atoms with Gasteiger partial charge >= 0.3 is 5.97 Å². The molecular formula is C38H37BrN6O7. The molecule has 2 aromatic heterocycles. The van der Waals surface area contributed by atoms with Gasteiger partial charge in [-0.3, -0.25) is 14.4 Å². The van der Waals surface area contributed by atoms with E-state index in [-0.39, 0.29) is 35.9 Å². The lowest BCUT2D eigenvalue weighted by Crippen LogP contribution is -2.27. The molecule has 0 spiro atoms. The Labute approximate surface area is 306 Å². The number of alkyl halides is 1. The van der Waals surface area contributed by atoms with E-state index in [1.54, 1.807) is 45.4 Å². The first-order chi connectivity index (χ1) is 25.2. The Balaban J connectivity index is 0.000000244. The molecule has 0 radical (unpaired) electrons. The molecule has 0 atom stereocenters. The number of esters is 1. The summed E-state index contributed by atoms with van der Waals surface area (Å²) in [6, 6.07) is 26.0. The SMILES string of the molecule is CCOC(=O)c1nc2ccc(CBr)cc2c(=O)[nH]1.COc1cccc(CNCc2ccc3nc(C(=O)NCc4cccc(OC)c4)[nH]c(=O)c3c2)c1. The van der Waals surface area contributed by atoms with Gasteiger partial charge in [-0.25, -0.2) is 14.8 Å². The van der Waals surface area contributed by atoms with Gasteiger partial charge in [0.25, 0.3) is 17.0 Å². The summed E-state index contributed by atoms with van der Waals surface area (Å²) in [6.45, 7) is 3.46. The number of fused-ring (bicyclic) bond motifs is 2. The minimum absolute atomic E-state index is 0.0238. The third-order valence-electron chi connectivity index (χ3n) is 7.76. The molecule has 0 fully saturated rings. The van der Waals surface area contributed by atoms with Crippen molar-refractivity contribution in [3.05, 3.63) is 140 Å². The molecule has 0 saturated carbocycles. The number of nitrogens with one attached hydrogen (secondary N) is 4. The molecule has 14 heteroatoms. The number of amides is 1. The van der Waals surface area contributed by atoms with Crippen LogP contribution < -0.4 is 31.2 Å². The van der Waals surface area contributed by atoms with E-state index in [4.69, 9.17) is 14.2 Å². The zero-order valence-corrected chi connectivity index (χ0v) is 30.3. The molecule has 4 N–H and O–H groups in total. The summed E-state index contributed by atoms with van der Waals surface area (Å²) >= 11 is 3.32. The van der Waals surface area contributed by atoms with Crippen LogP contribution in [0.4, 0.5) is 0 Å². The molecular weight excluding hydrogens is 732 g/mol. The lowest BCUT2D eigenvalue weighted by atomic mass is 10.1. The molecule has 52 heavy (non-hydrogen) atoms. The van der Waals surface area contributed by atoms with Crippen molar-refractivity contribution in [2.24, 2.45) is 0 Å². The molecule has 0 unspecified atom stereocenters. The Kier molecular flexibility index (Phi) is 12.9. The quantitative estimate of drug-likeness (QED) is 0.0962. The van der Waals surface area contributed by atoms with E-state index in [1.807, 2.05) is 60.7 Å². The standard InChI is InChI=1S/C26H26N4O4.C12H11BrN2O3/c1-33-20-7-3-5-17(11-20)14-27-15-19-9-10-23-22(13-19)25(31)30-24(29-23)26(32)28-16-18-6-4-8-21(12-18)34-2;1-2-18-12(17)10-14-9-4-3-7(6-13)5-8(9)11(16)15-10/h3-13,27H,14-16H2,1-2H3,(H,28,32)(H,29,30,31);3-5H,2,6H2,1H3,(H,14,15,16). The van der Waals surface area contributed by atoms with Crippen molar-refractivity contribution in [3.63, 3.8) is 0 Å². The van der Waals surface area contributed by atoms with Gasteiger partial charge in [0.1, 0.15) is 11.5 Å². The van der Waals surface area contributed by atoms with Crippen LogP contribution in [-0.2, 0) is 29.7 Å². The van der Waals surface area contributed by atoms with Crippen molar-refractivity contribution in [2.75, 3.05) is 20.8 Å². The van der Waals surface area contributed by atoms with Crippen molar-refractivity contribution in [3.8, 4) is 11.5 Å². The Bertz CT molecular complexity index is 2320. The molecule has 6 aromatic rings. The van der Waals surface area contributed by atoms with Crippen molar-refractivity contribution >= 4 is 49.6 Å². The number of nitrogens with zero attached hydrogens (tertiary/aromatic N) is 2. The van der Waals surface area contributed by atoms with Crippen LogP contribution in [0.1, 0.15) is 50.4 Å². The van der Waals surface area contributed by atoms with Gasteiger partial charge in [0.05, 0.1) is 42.6 Å². The Morgan fingerprint density at radius 2 is 1.21 bits per heavy atom. The maximum absolute atomic E-state index is 12.7. The van der Waals surface area contributed by atoms with Crippen molar-refractivity contribution < 1.29 is 23.8 Å². The van der Waals surface area contributed by atoms with Gasteiger partial charge < -0.3 is 34.8 Å². The van der Waals surface area contributed by atoms with Gasteiger partial charge in [-0.15, -0.1) is 0 Å². The number of halogens is 1. The average molecular weight is 770 g/mol. The summed E-state index contributed by atoms with van der Waals surface area (Å²) in [6.07, 6.45) is 0. The highest BCUT2D eigenvalue weighted by molar-refractivity contribution is 9.08. The first-order valence-electron chi connectivity index (χ1n) is 16.2.